The first kappa shape index (κ1) is 23.9. The Morgan fingerprint density at radius 2 is 1.79 bits per heavy atom. The molecule has 1 saturated carbocycles. The zero-order chi connectivity index (χ0) is 26.3. The molecular formula is C32H30N6S. The number of hydrogen-bond donors (Lipinski definition) is 3. The molecule has 3 N–H and O–H groups in total. The highest BCUT2D eigenvalue weighted by atomic mass is 32.1. The van der Waals surface area contributed by atoms with Crippen LogP contribution in [0.2, 0.25) is 0 Å². The van der Waals surface area contributed by atoms with E-state index in [1.807, 2.05) is 24.7 Å². The van der Waals surface area contributed by atoms with Gasteiger partial charge in [-0.2, -0.15) is 5.10 Å². The molecule has 6 aromatic rings. The molecule has 39 heavy (non-hydrogen) atoms. The van der Waals surface area contributed by atoms with Crippen LogP contribution >= 0.6 is 11.3 Å². The monoisotopic (exact) mass is 530 g/mol. The van der Waals surface area contributed by atoms with Crippen molar-refractivity contribution in [2.24, 2.45) is 5.92 Å². The first-order valence-corrected chi connectivity index (χ1v) is 14.4. The van der Waals surface area contributed by atoms with Gasteiger partial charge in [-0.15, -0.1) is 11.3 Å². The predicted molar refractivity (Wildman–Crippen MR) is 162 cm³/mol. The van der Waals surface area contributed by atoms with Gasteiger partial charge in [0.25, 0.3) is 0 Å². The molecule has 0 bridgehead atoms. The fourth-order valence-electron chi connectivity index (χ4n) is 5.74. The summed E-state index contributed by atoms with van der Waals surface area (Å²) in [5.41, 5.74) is 9.14. The number of benzene rings is 1. The van der Waals surface area contributed by atoms with Crippen LogP contribution in [0.15, 0.2) is 79.4 Å². The number of anilines is 1. The molecule has 0 atom stereocenters. The lowest BCUT2D eigenvalue weighted by Crippen LogP contribution is -2.14. The second-order valence-electron chi connectivity index (χ2n) is 10.5. The average Bonchev–Trinajstić information content (AvgIpc) is 3.71. The predicted octanol–water partition coefficient (Wildman–Crippen LogP) is 8.71. The van der Waals surface area contributed by atoms with Gasteiger partial charge in [-0.1, -0.05) is 31.9 Å². The molecule has 0 amide bonds. The van der Waals surface area contributed by atoms with E-state index in [0.717, 1.165) is 61.4 Å². The molecular weight excluding hydrogens is 500 g/mol. The summed E-state index contributed by atoms with van der Waals surface area (Å²) in [6.07, 6.45) is 12.0. The van der Waals surface area contributed by atoms with Crippen LogP contribution < -0.4 is 5.32 Å². The van der Waals surface area contributed by atoms with Crippen molar-refractivity contribution in [1.82, 2.24) is 25.1 Å². The van der Waals surface area contributed by atoms with E-state index in [1.54, 1.807) is 11.3 Å². The minimum absolute atomic E-state index is 0.545. The Hall–Kier alpha value is -4.23. The number of thiophene rings is 1. The third-order valence-electron chi connectivity index (χ3n) is 7.81. The van der Waals surface area contributed by atoms with E-state index >= 15 is 0 Å². The summed E-state index contributed by atoms with van der Waals surface area (Å²) in [6, 6.07) is 17.0. The molecule has 0 radical (unpaired) electrons. The number of nitrogens with one attached hydrogen (secondary N) is 3. The lowest BCUT2D eigenvalue weighted by molar-refractivity contribution is 0.405. The topological polar surface area (TPSA) is 82.3 Å². The van der Waals surface area contributed by atoms with Gasteiger partial charge in [0.05, 0.1) is 33.7 Å². The van der Waals surface area contributed by atoms with Crippen LogP contribution in [0.4, 0.5) is 5.69 Å². The molecule has 5 heterocycles. The molecule has 1 aliphatic rings. The number of pyridine rings is 2. The zero-order valence-corrected chi connectivity index (χ0v) is 22.7. The Balaban J connectivity index is 1.22. The van der Waals surface area contributed by atoms with E-state index in [-0.39, 0.29) is 0 Å². The molecule has 0 unspecified atom stereocenters. The summed E-state index contributed by atoms with van der Waals surface area (Å²) in [4.78, 5) is 15.3. The van der Waals surface area contributed by atoms with Crippen molar-refractivity contribution in [3.05, 3.63) is 84.3 Å². The number of rotatable bonds is 6. The summed E-state index contributed by atoms with van der Waals surface area (Å²) >= 11 is 1.76. The van der Waals surface area contributed by atoms with Crippen LogP contribution in [-0.4, -0.2) is 25.1 Å². The van der Waals surface area contributed by atoms with Crippen LogP contribution in [-0.2, 0) is 0 Å². The third kappa shape index (κ3) is 4.53. The van der Waals surface area contributed by atoms with Crippen LogP contribution in [0.1, 0.15) is 37.0 Å². The number of fused-ring (bicyclic) bond motifs is 2. The number of nitrogens with zero attached hydrogens (tertiary/aromatic N) is 3. The summed E-state index contributed by atoms with van der Waals surface area (Å²) in [6.45, 7) is 6.46. The molecule has 0 spiro atoms. The van der Waals surface area contributed by atoms with E-state index in [9.17, 15) is 0 Å². The lowest BCUT2D eigenvalue weighted by atomic mass is 9.87. The minimum Gasteiger partial charge on any atom is -0.358 e. The van der Waals surface area contributed by atoms with Crippen LogP contribution in [0, 0.1) is 12.8 Å². The number of allylic oxidation sites excluding steroid dienone is 1. The highest BCUT2D eigenvalue weighted by molar-refractivity contribution is 7.15. The number of hydrogen-bond acceptors (Lipinski definition) is 5. The Morgan fingerprint density at radius 1 is 0.923 bits per heavy atom. The molecule has 7 heteroatoms. The zero-order valence-electron chi connectivity index (χ0n) is 21.9. The van der Waals surface area contributed by atoms with Crippen molar-refractivity contribution in [2.75, 3.05) is 5.32 Å². The molecule has 5 aromatic heterocycles. The van der Waals surface area contributed by atoms with Crippen molar-refractivity contribution >= 4 is 38.8 Å². The standard InChI is InChI=1S/C32H30N6S/c1-19-8-11-30(39-19)32-26-16-29(36-27(26)12-13-34-32)31-25-15-22(9-10-28(25)37-38-31)23-14-24(18-33-17-23)35-20(2)21-6-4-3-5-7-21/h8-18,21,35-36H,2-7H2,1H3,(H,37,38). The summed E-state index contributed by atoms with van der Waals surface area (Å²) in [7, 11) is 0. The minimum atomic E-state index is 0.545. The van der Waals surface area contributed by atoms with Crippen LogP contribution in [0.3, 0.4) is 0 Å². The second-order valence-corrected chi connectivity index (χ2v) is 11.8. The quantitative estimate of drug-likeness (QED) is 0.201. The first-order valence-electron chi connectivity index (χ1n) is 13.6. The highest BCUT2D eigenvalue weighted by Crippen LogP contribution is 2.36. The molecule has 1 fully saturated rings. The maximum Gasteiger partial charge on any atom is 0.116 e. The highest BCUT2D eigenvalue weighted by Gasteiger charge is 2.18. The van der Waals surface area contributed by atoms with Crippen molar-refractivity contribution in [1.29, 1.82) is 0 Å². The third-order valence-corrected chi connectivity index (χ3v) is 8.82. The summed E-state index contributed by atoms with van der Waals surface area (Å²) in [5.74, 6) is 0.545. The summed E-state index contributed by atoms with van der Waals surface area (Å²) < 4.78 is 0. The van der Waals surface area contributed by atoms with Gasteiger partial charge in [0.2, 0.25) is 0 Å². The van der Waals surface area contributed by atoms with Crippen LogP contribution in [0.5, 0.6) is 0 Å². The van der Waals surface area contributed by atoms with Gasteiger partial charge in [-0.3, -0.25) is 15.1 Å². The SMILES string of the molecule is C=C(Nc1cncc(-c2ccc3[nH]nc(-c4cc5c(-c6ccc(C)s6)nccc5[nH]4)c3c2)c1)C1CCCCC1. The molecule has 194 valence electrons. The maximum absolute atomic E-state index is 4.70. The molecule has 6 nitrogen and oxygen atoms in total. The number of H-pyrrole nitrogens is 2. The Kier molecular flexibility index (Phi) is 6.01. The maximum atomic E-state index is 4.70. The van der Waals surface area contributed by atoms with E-state index in [4.69, 9.17) is 10.1 Å². The number of aryl methyl sites for hydroxylation is 1. The van der Waals surface area contributed by atoms with E-state index in [0.29, 0.717) is 5.92 Å². The molecule has 1 aromatic carbocycles. The van der Waals surface area contributed by atoms with Gasteiger partial charge < -0.3 is 10.3 Å². The van der Waals surface area contributed by atoms with Gasteiger partial charge in [0.15, 0.2) is 0 Å². The van der Waals surface area contributed by atoms with Crippen molar-refractivity contribution in [3.63, 3.8) is 0 Å². The molecule has 1 aliphatic carbocycles. The Labute approximate surface area is 231 Å². The lowest BCUT2D eigenvalue weighted by Gasteiger charge is -2.24. The van der Waals surface area contributed by atoms with Crippen molar-refractivity contribution in [2.45, 2.75) is 39.0 Å². The van der Waals surface area contributed by atoms with E-state index < -0.39 is 0 Å². The smallest absolute Gasteiger partial charge is 0.116 e. The van der Waals surface area contributed by atoms with Gasteiger partial charge in [0, 0.05) is 44.8 Å². The van der Waals surface area contributed by atoms with Gasteiger partial charge in [0.1, 0.15) is 5.69 Å². The Bertz CT molecular complexity index is 1820. The van der Waals surface area contributed by atoms with Crippen LogP contribution in [0.25, 0.3) is 54.9 Å². The van der Waals surface area contributed by atoms with Gasteiger partial charge >= 0.3 is 0 Å². The molecule has 7 rings (SSSR count). The number of aromatic amines is 2. The molecule has 0 aliphatic heterocycles. The number of aromatic nitrogens is 5. The molecule has 0 saturated heterocycles. The fourth-order valence-corrected chi connectivity index (χ4v) is 6.62. The van der Waals surface area contributed by atoms with Gasteiger partial charge in [-0.05, 0) is 73.7 Å². The summed E-state index contributed by atoms with van der Waals surface area (Å²) in [5, 5.41) is 13.6. The largest absolute Gasteiger partial charge is 0.358 e. The van der Waals surface area contributed by atoms with Crippen molar-refractivity contribution in [3.8, 4) is 33.1 Å². The van der Waals surface area contributed by atoms with Crippen molar-refractivity contribution < 1.29 is 0 Å². The first-order chi connectivity index (χ1) is 19.1. The Morgan fingerprint density at radius 3 is 2.64 bits per heavy atom. The normalized spacial score (nSPS) is 14.3. The average molecular weight is 531 g/mol. The van der Waals surface area contributed by atoms with E-state index in [1.165, 1.54) is 41.9 Å². The second kappa shape index (κ2) is 9.82. The van der Waals surface area contributed by atoms with Gasteiger partial charge in [-0.25, -0.2) is 0 Å². The fraction of sp³-hybridized carbons (Fsp3) is 0.219. The van der Waals surface area contributed by atoms with E-state index in [2.05, 4.69) is 76.4 Å².